The van der Waals surface area contributed by atoms with Crippen molar-refractivity contribution in [2.45, 2.75) is 6.61 Å². The molecule has 110 valence electrons. The first-order chi connectivity index (χ1) is 10.0. The lowest BCUT2D eigenvalue weighted by atomic mass is 10.1. The number of hydrogen-bond acceptors (Lipinski definition) is 3. The molecule has 0 heterocycles. The third-order valence-corrected chi connectivity index (χ3v) is 2.78. The van der Waals surface area contributed by atoms with Gasteiger partial charge in [0.2, 0.25) is 0 Å². The standard InChI is InChI=1S/C15H12F2O4/c1-20-13-4-2-9(6-11(13)15(18)19)8-21-14-5-3-10(16)7-12(14)17/h2-7H,8H2,1H3,(H,18,19). The Morgan fingerprint density at radius 2 is 1.86 bits per heavy atom. The Labute approximate surface area is 119 Å². The Morgan fingerprint density at radius 1 is 1.14 bits per heavy atom. The molecular weight excluding hydrogens is 282 g/mol. The van der Waals surface area contributed by atoms with Gasteiger partial charge in [-0.1, -0.05) is 6.07 Å². The van der Waals surface area contributed by atoms with Gasteiger partial charge >= 0.3 is 5.97 Å². The molecule has 0 saturated heterocycles. The molecule has 0 spiro atoms. The fourth-order valence-corrected chi connectivity index (χ4v) is 1.77. The Morgan fingerprint density at radius 3 is 2.48 bits per heavy atom. The number of carboxylic acids is 1. The van der Waals surface area contributed by atoms with Gasteiger partial charge in [-0.3, -0.25) is 0 Å². The Hall–Kier alpha value is -2.63. The first kappa shape index (κ1) is 14.8. The normalized spacial score (nSPS) is 10.2. The minimum absolute atomic E-state index is 0.0156. The maximum Gasteiger partial charge on any atom is 0.339 e. The predicted octanol–water partition coefficient (Wildman–Crippen LogP) is 3.25. The summed E-state index contributed by atoms with van der Waals surface area (Å²) in [7, 11) is 1.37. The number of methoxy groups -OCH3 is 1. The number of carboxylic acid groups (broad SMARTS) is 1. The van der Waals surface area contributed by atoms with Crippen molar-refractivity contribution in [1.82, 2.24) is 0 Å². The number of rotatable bonds is 5. The van der Waals surface area contributed by atoms with Gasteiger partial charge in [-0.05, 0) is 29.8 Å². The van der Waals surface area contributed by atoms with Gasteiger partial charge in [0.1, 0.15) is 23.7 Å². The molecule has 0 saturated carbocycles. The summed E-state index contributed by atoms with van der Waals surface area (Å²) in [6, 6.07) is 7.44. The van der Waals surface area contributed by atoms with Gasteiger partial charge in [0.15, 0.2) is 11.6 Å². The summed E-state index contributed by atoms with van der Waals surface area (Å²) in [6.07, 6.45) is 0. The first-order valence-electron chi connectivity index (χ1n) is 5.99. The third-order valence-electron chi connectivity index (χ3n) is 2.78. The molecule has 2 aromatic rings. The quantitative estimate of drug-likeness (QED) is 0.919. The van der Waals surface area contributed by atoms with Crippen molar-refractivity contribution >= 4 is 5.97 Å². The SMILES string of the molecule is COc1ccc(COc2ccc(F)cc2F)cc1C(=O)O. The summed E-state index contributed by atoms with van der Waals surface area (Å²) in [5.41, 5.74) is 0.509. The Balaban J connectivity index is 2.16. The van der Waals surface area contributed by atoms with E-state index in [4.69, 9.17) is 14.6 Å². The van der Waals surface area contributed by atoms with Gasteiger partial charge in [0.05, 0.1) is 7.11 Å². The summed E-state index contributed by atoms with van der Waals surface area (Å²) >= 11 is 0. The molecule has 1 N–H and O–H groups in total. The molecule has 0 aliphatic heterocycles. The van der Waals surface area contributed by atoms with E-state index < -0.39 is 17.6 Å². The lowest BCUT2D eigenvalue weighted by molar-refractivity contribution is 0.0693. The van der Waals surface area contributed by atoms with Gasteiger partial charge in [0, 0.05) is 6.07 Å². The summed E-state index contributed by atoms with van der Waals surface area (Å²) in [6.45, 7) is -0.0488. The predicted molar refractivity (Wildman–Crippen MR) is 70.6 cm³/mol. The highest BCUT2D eigenvalue weighted by molar-refractivity contribution is 5.91. The van der Waals surface area contributed by atoms with Gasteiger partial charge < -0.3 is 14.6 Å². The third kappa shape index (κ3) is 3.47. The first-order valence-corrected chi connectivity index (χ1v) is 5.99. The highest BCUT2D eigenvalue weighted by Gasteiger charge is 2.12. The van der Waals surface area contributed by atoms with Crippen molar-refractivity contribution in [2.75, 3.05) is 7.11 Å². The van der Waals surface area contributed by atoms with Gasteiger partial charge in [-0.15, -0.1) is 0 Å². The highest BCUT2D eigenvalue weighted by atomic mass is 19.1. The summed E-state index contributed by atoms with van der Waals surface area (Å²) in [5, 5.41) is 9.06. The van der Waals surface area contributed by atoms with Crippen LogP contribution in [-0.4, -0.2) is 18.2 Å². The molecular formula is C15H12F2O4. The van der Waals surface area contributed by atoms with E-state index in [2.05, 4.69) is 0 Å². The topological polar surface area (TPSA) is 55.8 Å². The molecule has 0 atom stereocenters. The highest BCUT2D eigenvalue weighted by Crippen LogP contribution is 2.22. The van der Waals surface area contributed by atoms with E-state index in [1.165, 1.54) is 25.3 Å². The second-order valence-corrected chi connectivity index (χ2v) is 4.20. The zero-order valence-electron chi connectivity index (χ0n) is 11.1. The molecule has 6 heteroatoms. The van der Waals surface area contributed by atoms with Crippen LogP contribution in [0, 0.1) is 11.6 Å². The van der Waals surface area contributed by atoms with Crippen LogP contribution in [0.3, 0.4) is 0 Å². The molecule has 0 aliphatic carbocycles. The lowest BCUT2D eigenvalue weighted by Gasteiger charge is -2.10. The van der Waals surface area contributed by atoms with Gasteiger partial charge in [0.25, 0.3) is 0 Å². The van der Waals surface area contributed by atoms with E-state index in [9.17, 15) is 13.6 Å². The zero-order valence-corrected chi connectivity index (χ0v) is 11.1. The van der Waals surface area contributed by atoms with E-state index >= 15 is 0 Å². The monoisotopic (exact) mass is 294 g/mol. The van der Waals surface area contributed by atoms with Gasteiger partial charge in [-0.2, -0.15) is 0 Å². The second-order valence-electron chi connectivity index (χ2n) is 4.20. The Bertz CT molecular complexity index is 671. The fourth-order valence-electron chi connectivity index (χ4n) is 1.77. The van der Waals surface area contributed by atoms with Gasteiger partial charge in [-0.25, -0.2) is 13.6 Å². The van der Waals surface area contributed by atoms with Crippen molar-refractivity contribution in [1.29, 1.82) is 0 Å². The smallest absolute Gasteiger partial charge is 0.339 e. The van der Waals surface area contributed by atoms with Crippen molar-refractivity contribution < 1.29 is 28.2 Å². The molecule has 21 heavy (non-hydrogen) atoms. The number of halogens is 2. The van der Waals surface area contributed by atoms with Crippen molar-refractivity contribution in [3.63, 3.8) is 0 Å². The molecule has 2 aromatic carbocycles. The number of benzene rings is 2. The average Bonchev–Trinajstić information content (AvgIpc) is 2.46. The van der Waals surface area contributed by atoms with Crippen LogP contribution in [0.1, 0.15) is 15.9 Å². The van der Waals surface area contributed by atoms with Crippen LogP contribution in [0.2, 0.25) is 0 Å². The van der Waals surface area contributed by atoms with Crippen molar-refractivity contribution in [2.24, 2.45) is 0 Å². The molecule has 0 aromatic heterocycles. The van der Waals surface area contributed by atoms with E-state index in [0.717, 1.165) is 6.07 Å². The van der Waals surface area contributed by atoms with E-state index in [1.807, 2.05) is 0 Å². The Kier molecular flexibility index (Phi) is 4.37. The molecule has 0 amide bonds. The van der Waals surface area contributed by atoms with Crippen LogP contribution < -0.4 is 9.47 Å². The van der Waals surface area contributed by atoms with Crippen LogP contribution >= 0.6 is 0 Å². The fraction of sp³-hybridized carbons (Fsp3) is 0.133. The minimum Gasteiger partial charge on any atom is -0.496 e. The molecule has 0 radical (unpaired) electrons. The van der Waals surface area contributed by atoms with Crippen LogP contribution in [0.15, 0.2) is 36.4 Å². The lowest BCUT2D eigenvalue weighted by Crippen LogP contribution is -2.04. The molecule has 0 unspecified atom stereocenters. The summed E-state index contributed by atoms with van der Waals surface area (Å²) in [5.74, 6) is -2.54. The van der Waals surface area contributed by atoms with Crippen molar-refractivity contribution in [3.05, 3.63) is 59.2 Å². The average molecular weight is 294 g/mol. The van der Waals surface area contributed by atoms with Crippen LogP contribution in [-0.2, 0) is 6.61 Å². The number of carbonyl (C=O) groups is 1. The number of hydrogen-bond donors (Lipinski definition) is 1. The molecule has 0 bridgehead atoms. The largest absolute Gasteiger partial charge is 0.496 e. The molecule has 2 rings (SSSR count). The van der Waals surface area contributed by atoms with Crippen LogP contribution in [0.25, 0.3) is 0 Å². The van der Waals surface area contributed by atoms with Crippen LogP contribution in [0.5, 0.6) is 11.5 Å². The van der Waals surface area contributed by atoms with Crippen molar-refractivity contribution in [3.8, 4) is 11.5 Å². The number of aromatic carboxylic acids is 1. The second kappa shape index (κ2) is 6.21. The molecule has 0 aliphatic rings. The maximum absolute atomic E-state index is 13.4. The van der Waals surface area contributed by atoms with Crippen LogP contribution in [0.4, 0.5) is 8.78 Å². The summed E-state index contributed by atoms with van der Waals surface area (Å²) in [4.78, 5) is 11.1. The summed E-state index contributed by atoms with van der Waals surface area (Å²) < 4.78 is 36.3. The minimum atomic E-state index is -1.14. The van der Waals surface area contributed by atoms with E-state index in [0.29, 0.717) is 11.6 Å². The van der Waals surface area contributed by atoms with E-state index in [-0.39, 0.29) is 23.7 Å². The molecule has 0 fully saturated rings. The zero-order chi connectivity index (χ0) is 15.4. The molecule has 4 nitrogen and oxygen atoms in total. The number of ether oxygens (including phenoxy) is 2. The maximum atomic E-state index is 13.4. The van der Waals surface area contributed by atoms with E-state index in [1.54, 1.807) is 6.07 Å².